The zero-order chi connectivity index (χ0) is 26.0. The second-order valence-corrected chi connectivity index (χ2v) is 13.1. The van der Waals surface area contributed by atoms with Crippen LogP contribution in [-0.2, 0) is 14.6 Å². The predicted molar refractivity (Wildman–Crippen MR) is 152 cm³/mol. The molecule has 1 N–H and O–H groups in total. The number of carboxylic acid groups (broad SMARTS) is 1. The Morgan fingerprint density at radius 1 is 0.514 bits per heavy atom. The Morgan fingerprint density at radius 3 is 1.11 bits per heavy atom. The number of hydrogen-bond acceptors (Lipinski definition) is 3. The smallest absolute Gasteiger partial charge is 0.321 e. The fraction of sp³-hybridized carbons (Fsp3) is 0.967. The molecule has 0 heterocycles. The lowest BCUT2D eigenvalue weighted by Crippen LogP contribution is -2.32. The number of unbranched alkanes of at least 4 members (excludes halogenated alkanes) is 22. The van der Waals surface area contributed by atoms with Crippen LogP contribution in [0.5, 0.6) is 0 Å². The molecule has 0 spiro atoms. The first-order valence-electron chi connectivity index (χ1n) is 15.4. The molecule has 0 saturated heterocycles. The van der Waals surface area contributed by atoms with E-state index < -0.39 is 21.1 Å². The van der Waals surface area contributed by atoms with E-state index in [4.69, 9.17) is 0 Å². The van der Waals surface area contributed by atoms with Gasteiger partial charge in [0.1, 0.15) is 0 Å². The van der Waals surface area contributed by atoms with Crippen LogP contribution in [-0.4, -0.2) is 30.5 Å². The molecule has 4 nitrogen and oxygen atoms in total. The second-order valence-electron chi connectivity index (χ2n) is 10.8. The van der Waals surface area contributed by atoms with E-state index in [1.807, 2.05) is 0 Å². The maximum absolute atomic E-state index is 12.6. The lowest BCUT2D eigenvalue weighted by Gasteiger charge is -2.13. The third kappa shape index (κ3) is 22.4. The van der Waals surface area contributed by atoms with Gasteiger partial charge in [0.2, 0.25) is 0 Å². The van der Waals surface area contributed by atoms with E-state index in [2.05, 4.69) is 13.8 Å². The number of sulfone groups is 1. The molecule has 0 aromatic carbocycles. The maximum Gasteiger partial charge on any atom is 0.321 e. The van der Waals surface area contributed by atoms with Crippen LogP contribution in [0.2, 0.25) is 0 Å². The first-order valence-corrected chi connectivity index (χ1v) is 17.1. The quantitative estimate of drug-likeness (QED) is 0.105. The van der Waals surface area contributed by atoms with Gasteiger partial charge in [-0.3, -0.25) is 4.79 Å². The van der Waals surface area contributed by atoms with E-state index in [-0.39, 0.29) is 12.2 Å². The second kappa shape index (κ2) is 25.1. The SMILES string of the molecule is CCCCCCCCCCCCCCCCS(=O)(=O)C(CCCCCCCCCCCC)C(=O)O. The van der Waals surface area contributed by atoms with Gasteiger partial charge in [0, 0.05) is 0 Å². The van der Waals surface area contributed by atoms with Crippen molar-refractivity contribution in [3.8, 4) is 0 Å². The Morgan fingerprint density at radius 2 is 0.800 bits per heavy atom. The molecule has 210 valence electrons. The molecule has 0 fully saturated rings. The molecule has 5 heteroatoms. The summed E-state index contributed by atoms with van der Waals surface area (Å²) in [6.45, 7) is 4.48. The van der Waals surface area contributed by atoms with Gasteiger partial charge in [0.05, 0.1) is 5.75 Å². The fourth-order valence-electron chi connectivity index (χ4n) is 4.91. The van der Waals surface area contributed by atoms with Crippen molar-refractivity contribution in [2.75, 3.05) is 5.75 Å². The normalized spacial score (nSPS) is 12.7. The van der Waals surface area contributed by atoms with Crippen molar-refractivity contribution >= 4 is 15.8 Å². The van der Waals surface area contributed by atoms with Gasteiger partial charge in [0.25, 0.3) is 0 Å². The predicted octanol–water partition coefficient (Wildman–Crippen LogP) is 9.65. The van der Waals surface area contributed by atoms with Gasteiger partial charge in [-0.1, -0.05) is 162 Å². The lowest BCUT2D eigenvalue weighted by atomic mass is 10.0. The van der Waals surface area contributed by atoms with E-state index in [9.17, 15) is 18.3 Å². The van der Waals surface area contributed by atoms with Crippen LogP contribution in [0.1, 0.15) is 174 Å². The van der Waals surface area contributed by atoms with E-state index in [0.717, 1.165) is 32.1 Å². The van der Waals surface area contributed by atoms with Crippen LogP contribution >= 0.6 is 0 Å². The zero-order valence-electron chi connectivity index (χ0n) is 23.5. The first kappa shape index (κ1) is 34.4. The minimum absolute atomic E-state index is 0.0275. The molecule has 1 unspecified atom stereocenters. The summed E-state index contributed by atoms with van der Waals surface area (Å²) in [4.78, 5) is 11.6. The average molecular weight is 517 g/mol. The van der Waals surface area contributed by atoms with Gasteiger partial charge < -0.3 is 5.11 Å². The maximum atomic E-state index is 12.6. The Kier molecular flexibility index (Phi) is 24.7. The van der Waals surface area contributed by atoms with Gasteiger partial charge in [-0.05, 0) is 12.8 Å². The highest BCUT2D eigenvalue weighted by Crippen LogP contribution is 2.18. The summed E-state index contributed by atoms with van der Waals surface area (Å²) in [5.41, 5.74) is 0. The Balaban J connectivity index is 3.75. The minimum atomic E-state index is -3.55. The van der Waals surface area contributed by atoms with Gasteiger partial charge >= 0.3 is 5.97 Å². The monoisotopic (exact) mass is 516 g/mol. The van der Waals surface area contributed by atoms with Crippen molar-refractivity contribution in [2.24, 2.45) is 0 Å². The summed E-state index contributed by atoms with van der Waals surface area (Å²) >= 11 is 0. The molecule has 0 bridgehead atoms. The lowest BCUT2D eigenvalue weighted by molar-refractivity contribution is -0.136. The van der Waals surface area contributed by atoms with Gasteiger partial charge in [-0.2, -0.15) is 0 Å². The van der Waals surface area contributed by atoms with Crippen LogP contribution in [0.15, 0.2) is 0 Å². The Labute approximate surface area is 219 Å². The topological polar surface area (TPSA) is 71.4 Å². The molecule has 1 atom stereocenters. The van der Waals surface area contributed by atoms with E-state index >= 15 is 0 Å². The molecule has 0 aromatic rings. The number of aliphatic carboxylic acids is 1. The molecule has 0 aliphatic carbocycles. The van der Waals surface area contributed by atoms with Crippen molar-refractivity contribution < 1.29 is 18.3 Å². The number of carbonyl (C=O) groups is 1. The standard InChI is InChI=1S/C30H60O4S/c1-3-5-7-9-11-13-15-16-17-18-20-22-24-26-28-35(33,34)29(30(31)32)27-25-23-21-19-14-12-10-8-6-4-2/h29H,3-28H2,1-2H3,(H,31,32). The van der Waals surface area contributed by atoms with E-state index in [0.29, 0.717) is 12.8 Å². The van der Waals surface area contributed by atoms with Crippen LogP contribution in [0.4, 0.5) is 0 Å². The highest BCUT2D eigenvalue weighted by atomic mass is 32.2. The van der Waals surface area contributed by atoms with Crippen LogP contribution in [0.25, 0.3) is 0 Å². The van der Waals surface area contributed by atoms with Crippen LogP contribution in [0, 0.1) is 0 Å². The summed E-state index contributed by atoms with van der Waals surface area (Å²) in [6, 6.07) is 0. The summed E-state index contributed by atoms with van der Waals surface area (Å²) < 4.78 is 25.2. The minimum Gasteiger partial charge on any atom is -0.480 e. The largest absolute Gasteiger partial charge is 0.480 e. The van der Waals surface area contributed by atoms with Gasteiger partial charge in [0.15, 0.2) is 15.1 Å². The van der Waals surface area contributed by atoms with Crippen molar-refractivity contribution in [2.45, 2.75) is 180 Å². The number of carboxylic acids is 1. The summed E-state index contributed by atoms with van der Waals surface area (Å²) in [5, 5.41) is 8.28. The van der Waals surface area contributed by atoms with Gasteiger partial charge in [-0.25, -0.2) is 8.42 Å². The van der Waals surface area contributed by atoms with E-state index in [1.54, 1.807) is 0 Å². The molecular formula is C30H60O4S. The Hall–Kier alpha value is -0.580. The zero-order valence-corrected chi connectivity index (χ0v) is 24.4. The molecule has 0 saturated carbocycles. The molecule has 0 aliphatic heterocycles. The highest BCUT2D eigenvalue weighted by Gasteiger charge is 2.31. The van der Waals surface area contributed by atoms with Crippen molar-refractivity contribution in [3.63, 3.8) is 0 Å². The summed E-state index contributed by atoms with van der Waals surface area (Å²) in [6.07, 6.45) is 29.0. The van der Waals surface area contributed by atoms with Gasteiger partial charge in [-0.15, -0.1) is 0 Å². The third-order valence-electron chi connectivity index (χ3n) is 7.31. The third-order valence-corrected chi connectivity index (χ3v) is 9.47. The molecule has 0 aromatic heterocycles. The van der Waals surface area contributed by atoms with Crippen LogP contribution < -0.4 is 0 Å². The average Bonchev–Trinajstić information content (AvgIpc) is 2.82. The molecule has 0 amide bonds. The van der Waals surface area contributed by atoms with E-state index in [1.165, 1.54) is 109 Å². The number of hydrogen-bond donors (Lipinski definition) is 1. The molecule has 0 rings (SSSR count). The first-order chi connectivity index (χ1) is 17.0. The van der Waals surface area contributed by atoms with Crippen molar-refractivity contribution in [1.29, 1.82) is 0 Å². The van der Waals surface area contributed by atoms with Crippen molar-refractivity contribution in [3.05, 3.63) is 0 Å². The molecule has 0 aliphatic rings. The van der Waals surface area contributed by atoms with Crippen LogP contribution in [0.3, 0.4) is 0 Å². The number of rotatable bonds is 28. The Bertz CT molecular complexity index is 559. The summed E-state index contributed by atoms with van der Waals surface area (Å²) in [7, 11) is -3.55. The highest BCUT2D eigenvalue weighted by molar-refractivity contribution is 7.92. The molecule has 0 radical (unpaired) electrons. The van der Waals surface area contributed by atoms with Crippen molar-refractivity contribution in [1.82, 2.24) is 0 Å². The molecular weight excluding hydrogens is 456 g/mol. The fourth-order valence-corrected chi connectivity index (χ4v) is 6.64. The summed E-state index contributed by atoms with van der Waals surface area (Å²) in [5.74, 6) is -1.13. The molecule has 35 heavy (non-hydrogen) atoms.